The van der Waals surface area contributed by atoms with Crippen molar-refractivity contribution in [2.45, 2.75) is 31.2 Å². The van der Waals surface area contributed by atoms with Gasteiger partial charge in [0.15, 0.2) is 0 Å². The number of aryl methyl sites for hydroxylation is 1. The number of carboxylic acid groups (broad SMARTS) is 1. The lowest BCUT2D eigenvalue weighted by Gasteiger charge is -2.13. The number of carbonyl (C=O) groups is 1. The minimum atomic E-state index is -3.82. The van der Waals surface area contributed by atoms with Gasteiger partial charge in [-0.3, -0.25) is 9.78 Å². The number of carboxylic acids is 1. The number of para-hydroxylation sites is 1. The van der Waals surface area contributed by atoms with E-state index in [-0.39, 0.29) is 23.7 Å². The van der Waals surface area contributed by atoms with Crippen molar-refractivity contribution in [2.24, 2.45) is 0 Å². The van der Waals surface area contributed by atoms with Crippen LogP contribution in [0.3, 0.4) is 0 Å². The second-order valence-corrected chi connectivity index (χ2v) is 6.64. The summed E-state index contributed by atoms with van der Waals surface area (Å²) in [4.78, 5) is 14.9. The summed E-state index contributed by atoms with van der Waals surface area (Å²) in [5.41, 5.74) is 1.31. The Hall–Kier alpha value is -1.70. The fraction of sp³-hybridized carbons (Fsp3) is 0.286. The molecule has 1 heterocycles. The fourth-order valence-corrected chi connectivity index (χ4v) is 3.51. The number of benzene rings is 1. The quantitative estimate of drug-likeness (QED) is 0.865. The number of halogens is 1. The van der Waals surface area contributed by atoms with E-state index in [9.17, 15) is 13.2 Å². The van der Waals surface area contributed by atoms with E-state index < -0.39 is 22.0 Å². The summed E-state index contributed by atoms with van der Waals surface area (Å²) in [5.74, 6) is -1.06. The van der Waals surface area contributed by atoms with Crippen molar-refractivity contribution in [2.75, 3.05) is 0 Å². The average Bonchev–Trinajstić information content (AvgIpc) is 2.35. The van der Waals surface area contributed by atoms with E-state index in [0.29, 0.717) is 5.52 Å². The van der Waals surface area contributed by atoms with Crippen LogP contribution >= 0.6 is 12.4 Å². The Bertz CT molecular complexity index is 793. The van der Waals surface area contributed by atoms with E-state index in [2.05, 4.69) is 9.71 Å². The molecule has 1 aromatic heterocycles. The number of aliphatic carboxylic acids is 1. The lowest BCUT2D eigenvalue weighted by molar-refractivity contribution is -0.137. The number of nitrogens with zero attached hydrogens (tertiary/aromatic N) is 1. The molecule has 22 heavy (non-hydrogen) atoms. The molecule has 0 fully saturated rings. The Morgan fingerprint density at radius 1 is 1.41 bits per heavy atom. The summed E-state index contributed by atoms with van der Waals surface area (Å²) in [6.07, 6.45) is 1.32. The van der Waals surface area contributed by atoms with Crippen molar-refractivity contribution in [1.82, 2.24) is 9.71 Å². The lowest BCUT2D eigenvalue weighted by atomic mass is 10.2. The maximum atomic E-state index is 12.4. The highest BCUT2D eigenvalue weighted by Gasteiger charge is 2.21. The van der Waals surface area contributed by atoms with Crippen molar-refractivity contribution in [3.05, 3.63) is 36.0 Å². The smallest absolute Gasteiger partial charge is 0.304 e. The van der Waals surface area contributed by atoms with Gasteiger partial charge in [-0.1, -0.05) is 12.1 Å². The Labute approximate surface area is 135 Å². The van der Waals surface area contributed by atoms with Gasteiger partial charge in [0.05, 0.1) is 11.9 Å². The Morgan fingerprint density at radius 2 is 2.09 bits per heavy atom. The summed E-state index contributed by atoms with van der Waals surface area (Å²) in [5, 5.41) is 9.43. The van der Waals surface area contributed by atoms with Gasteiger partial charge < -0.3 is 5.11 Å². The largest absolute Gasteiger partial charge is 0.481 e. The average molecular weight is 345 g/mol. The van der Waals surface area contributed by atoms with Gasteiger partial charge in [-0.2, -0.15) is 0 Å². The number of pyridine rings is 1. The molecule has 6 nitrogen and oxygen atoms in total. The summed E-state index contributed by atoms with van der Waals surface area (Å²) in [6, 6.07) is 6.03. The van der Waals surface area contributed by atoms with Crippen molar-refractivity contribution in [3.63, 3.8) is 0 Å². The first-order valence-corrected chi connectivity index (χ1v) is 7.87. The molecule has 0 spiro atoms. The fourth-order valence-electron chi connectivity index (χ4n) is 2.09. The molecule has 8 heteroatoms. The molecule has 0 saturated heterocycles. The van der Waals surface area contributed by atoms with E-state index in [1.165, 1.54) is 13.0 Å². The molecule has 0 aliphatic rings. The molecular formula is C14H17ClN2O4S. The number of hydrogen-bond acceptors (Lipinski definition) is 4. The second-order valence-electron chi connectivity index (χ2n) is 4.96. The van der Waals surface area contributed by atoms with Crippen LogP contribution in [0.1, 0.15) is 18.9 Å². The van der Waals surface area contributed by atoms with Crippen molar-refractivity contribution < 1.29 is 18.3 Å². The molecule has 0 amide bonds. The van der Waals surface area contributed by atoms with Gasteiger partial charge in [-0.25, -0.2) is 13.1 Å². The van der Waals surface area contributed by atoms with Gasteiger partial charge in [-0.05, 0) is 31.5 Å². The number of aromatic nitrogens is 1. The molecule has 0 aliphatic heterocycles. The first kappa shape index (κ1) is 18.3. The molecule has 1 unspecified atom stereocenters. The third kappa shape index (κ3) is 4.16. The van der Waals surface area contributed by atoms with Gasteiger partial charge in [0.2, 0.25) is 10.0 Å². The van der Waals surface area contributed by atoms with E-state index in [1.807, 2.05) is 13.0 Å². The Morgan fingerprint density at radius 3 is 2.73 bits per heavy atom. The van der Waals surface area contributed by atoms with Crippen molar-refractivity contribution in [1.29, 1.82) is 0 Å². The molecule has 2 aromatic rings. The van der Waals surface area contributed by atoms with Crippen LogP contribution in [0, 0.1) is 6.92 Å². The van der Waals surface area contributed by atoms with Crippen LogP contribution < -0.4 is 4.72 Å². The maximum Gasteiger partial charge on any atom is 0.304 e. The predicted molar refractivity (Wildman–Crippen MR) is 85.8 cm³/mol. The molecule has 0 radical (unpaired) electrons. The Kier molecular flexibility index (Phi) is 5.87. The maximum absolute atomic E-state index is 12.4. The minimum absolute atomic E-state index is 0. The van der Waals surface area contributed by atoms with E-state index >= 15 is 0 Å². The zero-order valence-electron chi connectivity index (χ0n) is 12.1. The normalized spacial score (nSPS) is 12.6. The van der Waals surface area contributed by atoms with Crippen LogP contribution in [0.4, 0.5) is 0 Å². The standard InChI is InChI=1S/C14H16N2O4S.ClH/c1-9-6-11-4-3-5-12(14(11)15-8-9)21(19,20)16-10(2)7-13(17)18;/h3-6,8,10,16H,7H2,1-2H3,(H,17,18);1H. The molecule has 0 bridgehead atoms. The number of rotatable bonds is 5. The van der Waals surface area contributed by atoms with E-state index in [1.54, 1.807) is 18.3 Å². The summed E-state index contributed by atoms with van der Waals surface area (Å²) in [6.45, 7) is 3.38. The van der Waals surface area contributed by atoms with Crippen molar-refractivity contribution >= 4 is 39.3 Å². The van der Waals surface area contributed by atoms with Crippen LogP contribution in [-0.2, 0) is 14.8 Å². The van der Waals surface area contributed by atoms with Crippen LogP contribution in [-0.4, -0.2) is 30.5 Å². The SMILES string of the molecule is Cc1cnc2c(S(=O)(=O)NC(C)CC(=O)O)cccc2c1.Cl. The van der Waals surface area contributed by atoms with Crippen LogP contribution in [0.2, 0.25) is 0 Å². The highest BCUT2D eigenvalue weighted by Crippen LogP contribution is 2.22. The number of nitrogens with one attached hydrogen (secondary N) is 1. The summed E-state index contributed by atoms with van der Waals surface area (Å²) >= 11 is 0. The summed E-state index contributed by atoms with van der Waals surface area (Å²) in [7, 11) is -3.82. The van der Waals surface area contributed by atoms with Gasteiger partial charge >= 0.3 is 5.97 Å². The highest BCUT2D eigenvalue weighted by atomic mass is 35.5. The molecule has 2 rings (SSSR count). The number of fused-ring (bicyclic) bond motifs is 1. The zero-order chi connectivity index (χ0) is 15.6. The first-order valence-electron chi connectivity index (χ1n) is 6.39. The third-order valence-corrected chi connectivity index (χ3v) is 4.56. The van der Waals surface area contributed by atoms with Crippen LogP contribution in [0.15, 0.2) is 35.4 Å². The van der Waals surface area contributed by atoms with Gasteiger partial charge in [0.1, 0.15) is 4.90 Å². The number of sulfonamides is 1. The van der Waals surface area contributed by atoms with E-state index in [0.717, 1.165) is 10.9 Å². The Balaban J connectivity index is 0.00000242. The molecule has 0 aliphatic carbocycles. The molecule has 120 valence electrons. The van der Waals surface area contributed by atoms with Gasteiger partial charge in [0.25, 0.3) is 0 Å². The second kappa shape index (κ2) is 7.04. The number of hydrogen-bond donors (Lipinski definition) is 2. The molecular weight excluding hydrogens is 328 g/mol. The van der Waals surface area contributed by atoms with Gasteiger partial charge in [0, 0.05) is 17.6 Å². The molecule has 1 atom stereocenters. The monoisotopic (exact) mass is 344 g/mol. The molecule has 2 N–H and O–H groups in total. The highest BCUT2D eigenvalue weighted by molar-refractivity contribution is 7.89. The topological polar surface area (TPSA) is 96.4 Å². The zero-order valence-corrected chi connectivity index (χ0v) is 13.7. The molecule has 0 saturated carbocycles. The van der Waals surface area contributed by atoms with E-state index in [4.69, 9.17) is 5.11 Å². The van der Waals surface area contributed by atoms with Crippen molar-refractivity contribution in [3.8, 4) is 0 Å². The summed E-state index contributed by atoms with van der Waals surface area (Å²) < 4.78 is 27.1. The predicted octanol–water partition coefficient (Wildman–Crippen LogP) is 2.11. The third-order valence-electron chi connectivity index (χ3n) is 2.94. The minimum Gasteiger partial charge on any atom is -0.481 e. The first-order chi connectivity index (χ1) is 9.79. The lowest BCUT2D eigenvalue weighted by Crippen LogP contribution is -2.34. The van der Waals surface area contributed by atoms with Crippen LogP contribution in [0.5, 0.6) is 0 Å². The molecule has 1 aromatic carbocycles. The van der Waals surface area contributed by atoms with Gasteiger partial charge in [-0.15, -0.1) is 12.4 Å². The van der Waals surface area contributed by atoms with Crippen LogP contribution in [0.25, 0.3) is 10.9 Å².